The van der Waals surface area contributed by atoms with Gasteiger partial charge >= 0.3 is 6.03 Å². The van der Waals surface area contributed by atoms with E-state index in [1.807, 2.05) is 13.0 Å². The van der Waals surface area contributed by atoms with E-state index >= 15 is 0 Å². The predicted molar refractivity (Wildman–Crippen MR) is 73.0 cm³/mol. The molecule has 1 atom stereocenters. The van der Waals surface area contributed by atoms with Crippen molar-refractivity contribution >= 4 is 11.7 Å². The lowest BCUT2D eigenvalue weighted by Gasteiger charge is -2.32. The first-order valence-corrected chi connectivity index (χ1v) is 6.48. The number of rotatable bonds is 3. The molecule has 0 aliphatic carbocycles. The second-order valence-corrected chi connectivity index (χ2v) is 4.70. The van der Waals surface area contributed by atoms with Gasteiger partial charge in [-0.2, -0.15) is 0 Å². The lowest BCUT2D eigenvalue weighted by atomic mass is 10.2. The molecule has 1 aliphatic heterocycles. The number of urea groups is 1. The summed E-state index contributed by atoms with van der Waals surface area (Å²) in [6.45, 7) is 4.26. The highest BCUT2D eigenvalue weighted by molar-refractivity contribution is 5.89. The standard InChI is InChI=1S/C13H20N4O2/c1-10-6-11(8-15-7-10)16-13(18)17-4-5-19-12(9-17)2-3-14/h6-8,12H,2-5,9,14H2,1H3,(H,16,18)/t12-/m1/s1. The van der Waals surface area contributed by atoms with E-state index in [4.69, 9.17) is 10.5 Å². The Labute approximate surface area is 112 Å². The van der Waals surface area contributed by atoms with Crippen molar-refractivity contribution < 1.29 is 9.53 Å². The molecule has 3 N–H and O–H groups in total. The highest BCUT2D eigenvalue weighted by atomic mass is 16.5. The third-order valence-corrected chi connectivity index (χ3v) is 3.04. The molecule has 0 radical (unpaired) electrons. The molecule has 1 aromatic heterocycles. The van der Waals surface area contributed by atoms with Crippen LogP contribution in [0.5, 0.6) is 0 Å². The monoisotopic (exact) mass is 264 g/mol. The van der Waals surface area contributed by atoms with Gasteiger partial charge in [-0.1, -0.05) is 0 Å². The number of anilines is 1. The topological polar surface area (TPSA) is 80.5 Å². The van der Waals surface area contributed by atoms with Crippen LogP contribution in [-0.2, 0) is 4.74 Å². The number of hydrogen-bond acceptors (Lipinski definition) is 4. The van der Waals surface area contributed by atoms with Gasteiger partial charge in [-0.15, -0.1) is 0 Å². The first-order chi connectivity index (χ1) is 9.19. The summed E-state index contributed by atoms with van der Waals surface area (Å²) < 4.78 is 5.55. The van der Waals surface area contributed by atoms with Crippen molar-refractivity contribution in [3.05, 3.63) is 24.0 Å². The predicted octanol–water partition coefficient (Wildman–Crippen LogP) is 0.972. The summed E-state index contributed by atoms with van der Waals surface area (Å²) in [5.74, 6) is 0. The first-order valence-electron chi connectivity index (χ1n) is 6.48. The van der Waals surface area contributed by atoms with Gasteiger partial charge in [0.05, 0.1) is 24.6 Å². The average Bonchev–Trinajstić information content (AvgIpc) is 2.39. The van der Waals surface area contributed by atoms with E-state index in [-0.39, 0.29) is 12.1 Å². The number of nitrogens with zero attached hydrogens (tertiary/aromatic N) is 2. The smallest absolute Gasteiger partial charge is 0.322 e. The average molecular weight is 264 g/mol. The van der Waals surface area contributed by atoms with Crippen LogP contribution in [-0.4, -0.2) is 48.3 Å². The summed E-state index contributed by atoms with van der Waals surface area (Å²) in [5, 5.41) is 2.85. The minimum Gasteiger partial charge on any atom is -0.374 e. The molecule has 2 amide bonds. The Balaban J connectivity index is 1.92. The lowest BCUT2D eigenvalue weighted by molar-refractivity contribution is -0.0146. The second-order valence-electron chi connectivity index (χ2n) is 4.70. The van der Waals surface area contributed by atoms with Crippen LogP contribution < -0.4 is 11.1 Å². The van der Waals surface area contributed by atoms with Gasteiger partial charge in [0.25, 0.3) is 0 Å². The van der Waals surface area contributed by atoms with E-state index in [0.717, 1.165) is 12.0 Å². The van der Waals surface area contributed by atoms with Gasteiger partial charge in [0.1, 0.15) is 0 Å². The van der Waals surface area contributed by atoms with Crippen LogP contribution in [0.2, 0.25) is 0 Å². The van der Waals surface area contributed by atoms with Gasteiger partial charge in [-0.25, -0.2) is 4.79 Å². The zero-order valence-corrected chi connectivity index (χ0v) is 11.1. The van der Waals surface area contributed by atoms with Crippen LogP contribution in [0, 0.1) is 6.92 Å². The minimum absolute atomic E-state index is 0.0418. The molecular weight excluding hydrogens is 244 g/mol. The highest BCUT2D eigenvalue weighted by Gasteiger charge is 2.23. The van der Waals surface area contributed by atoms with Crippen LogP contribution in [0.4, 0.5) is 10.5 Å². The summed E-state index contributed by atoms with van der Waals surface area (Å²) in [6, 6.07) is 1.78. The molecule has 19 heavy (non-hydrogen) atoms. The third kappa shape index (κ3) is 3.90. The number of pyridine rings is 1. The van der Waals surface area contributed by atoms with Crippen molar-refractivity contribution in [1.82, 2.24) is 9.88 Å². The number of ether oxygens (including phenoxy) is 1. The van der Waals surface area contributed by atoms with Crippen LogP contribution in [0.3, 0.4) is 0 Å². The maximum Gasteiger partial charge on any atom is 0.322 e. The van der Waals surface area contributed by atoms with Crippen LogP contribution in [0.25, 0.3) is 0 Å². The fourth-order valence-electron chi connectivity index (χ4n) is 2.09. The molecular formula is C13H20N4O2. The normalized spacial score (nSPS) is 19.3. The van der Waals surface area contributed by atoms with E-state index in [9.17, 15) is 4.79 Å². The van der Waals surface area contributed by atoms with Crippen LogP contribution >= 0.6 is 0 Å². The van der Waals surface area contributed by atoms with E-state index in [1.54, 1.807) is 17.3 Å². The van der Waals surface area contributed by atoms with Crippen molar-refractivity contribution in [3.63, 3.8) is 0 Å². The Hall–Kier alpha value is -1.66. The van der Waals surface area contributed by atoms with E-state index in [2.05, 4.69) is 10.3 Å². The third-order valence-electron chi connectivity index (χ3n) is 3.04. The lowest BCUT2D eigenvalue weighted by Crippen LogP contribution is -2.47. The van der Waals surface area contributed by atoms with Gasteiger partial charge in [0.2, 0.25) is 0 Å². The molecule has 0 spiro atoms. The zero-order chi connectivity index (χ0) is 13.7. The quantitative estimate of drug-likeness (QED) is 0.852. The number of carbonyl (C=O) groups is 1. The second kappa shape index (κ2) is 6.49. The maximum absolute atomic E-state index is 12.1. The molecule has 1 saturated heterocycles. The molecule has 2 heterocycles. The summed E-state index contributed by atoms with van der Waals surface area (Å²) >= 11 is 0. The molecule has 2 rings (SSSR count). The van der Waals surface area contributed by atoms with Gasteiger partial charge in [0, 0.05) is 19.3 Å². The maximum atomic E-state index is 12.1. The van der Waals surface area contributed by atoms with Crippen molar-refractivity contribution in [1.29, 1.82) is 0 Å². The van der Waals surface area contributed by atoms with Crippen molar-refractivity contribution in [2.75, 3.05) is 31.6 Å². The number of aromatic nitrogens is 1. The van der Waals surface area contributed by atoms with Gasteiger partial charge < -0.3 is 20.7 Å². The molecule has 0 aromatic carbocycles. The van der Waals surface area contributed by atoms with Gasteiger partial charge in [-0.05, 0) is 31.5 Å². The molecule has 1 aliphatic rings. The number of morpholine rings is 1. The number of carbonyl (C=O) groups excluding carboxylic acids is 1. The summed E-state index contributed by atoms with van der Waals surface area (Å²) in [4.78, 5) is 17.9. The number of nitrogens with two attached hydrogens (primary N) is 1. The highest BCUT2D eigenvalue weighted by Crippen LogP contribution is 2.12. The van der Waals surface area contributed by atoms with E-state index < -0.39 is 0 Å². The Kier molecular flexibility index (Phi) is 4.70. The largest absolute Gasteiger partial charge is 0.374 e. The molecule has 0 saturated carbocycles. The van der Waals surface area contributed by atoms with Gasteiger partial charge in [0.15, 0.2) is 0 Å². The molecule has 0 bridgehead atoms. The molecule has 6 heteroatoms. The number of amides is 2. The van der Waals surface area contributed by atoms with Crippen LogP contribution in [0.1, 0.15) is 12.0 Å². The molecule has 104 valence electrons. The van der Waals surface area contributed by atoms with Crippen molar-refractivity contribution in [2.45, 2.75) is 19.4 Å². The number of hydrogen-bond donors (Lipinski definition) is 2. The minimum atomic E-state index is -0.113. The number of nitrogens with one attached hydrogen (secondary N) is 1. The fourth-order valence-corrected chi connectivity index (χ4v) is 2.09. The van der Waals surface area contributed by atoms with Gasteiger partial charge in [-0.3, -0.25) is 4.98 Å². The Bertz CT molecular complexity index is 436. The summed E-state index contributed by atoms with van der Waals surface area (Å²) in [7, 11) is 0. The molecule has 1 aromatic rings. The summed E-state index contributed by atoms with van der Waals surface area (Å²) in [5.41, 5.74) is 7.24. The zero-order valence-electron chi connectivity index (χ0n) is 11.1. The fraction of sp³-hybridized carbons (Fsp3) is 0.538. The van der Waals surface area contributed by atoms with Crippen LogP contribution in [0.15, 0.2) is 18.5 Å². The summed E-state index contributed by atoms with van der Waals surface area (Å²) in [6.07, 6.45) is 4.21. The SMILES string of the molecule is Cc1cncc(NC(=O)N2CCO[C@H](CCN)C2)c1. The Morgan fingerprint density at radius 1 is 1.63 bits per heavy atom. The molecule has 6 nitrogen and oxygen atoms in total. The van der Waals surface area contributed by atoms with E-state index in [0.29, 0.717) is 31.9 Å². The molecule has 0 unspecified atom stereocenters. The Morgan fingerprint density at radius 3 is 3.21 bits per heavy atom. The van der Waals surface area contributed by atoms with Crippen molar-refractivity contribution in [3.8, 4) is 0 Å². The Morgan fingerprint density at radius 2 is 2.47 bits per heavy atom. The number of aryl methyl sites for hydroxylation is 1. The molecule has 1 fully saturated rings. The first kappa shape index (κ1) is 13.8. The van der Waals surface area contributed by atoms with Crippen molar-refractivity contribution in [2.24, 2.45) is 5.73 Å². The van der Waals surface area contributed by atoms with E-state index in [1.165, 1.54) is 0 Å².